The number of amides is 1. The molecule has 2 aromatic rings. The van der Waals surface area contributed by atoms with Gasteiger partial charge in [-0.2, -0.15) is 0 Å². The van der Waals surface area contributed by atoms with Crippen molar-refractivity contribution in [3.05, 3.63) is 16.1 Å². The van der Waals surface area contributed by atoms with Crippen molar-refractivity contribution < 1.29 is 4.79 Å². The molecule has 7 nitrogen and oxygen atoms in total. The van der Waals surface area contributed by atoms with E-state index in [1.165, 1.54) is 0 Å². The Hall–Kier alpha value is -1.42. The summed E-state index contributed by atoms with van der Waals surface area (Å²) >= 11 is 2.31. The van der Waals surface area contributed by atoms with E-state index in [1.54, 1.807) is 6.33 Å². The molecule has 2 N–H and O–H groups in total. The molecule has 1 aliphatic carbocycles. The van der Waals surface area contributed by atoms with Gasteiger partial charge in [0.2, 0.25) is 5.91 Å². The molecule has 1 saturated heterocycles. The quantitative estimate of drug-likeness (QED) is 0.702. The van der Waals surface area contributed by atoms with Crippen molar-refractivity contribution in [3.8, 4) is 0 Å². The van der Waals surface area contributed by atoms with Crippen LogP contribution in [0.15, 0.2) is 12.5 Å². The van der Waals surface area contributed by atoms with Crippen LogP contribution in [-0.4, -0.2) is 63.0 Å². The van der Waals surface area contributed by atoms with E-state index >= 15 is 0 Å². The zero-order valence-electron chi connectivity index (χ0n) is 14.4. The number of nitrogens with zero attached hydrogens (tertiary/aromatic N) is 5. The number of nitrogen functional groups attached to an aromatic ring is 1. The average molecular weight is 454 g/mol. The lowest BCUT2D eigenvalue weighted by molar-refractivity contribution is -0.135. The van der Waals surface area contributed by atoms with Crippen LogP contribution in [0, 0.1) is 3.57 Å². The zero-order valence-corrected chi connectivity index (χ0v) is 16.5. The molecule has 0 unspecified atom stereocenters. The molecule has 0 atom stereocenters. The second-order valence-corrected chi connectivity index (χ2v) is 8.25. The van der Waals surface area contributed by atoms with E-state index in [9.17, 15) is 4.79 Å². The first-order chi connectivity index (χ1) is 12.0. The minimum Gasteiger partial charge on any atom is -0.383 e. The van der Waals surface area contributed by atoms with Gasteiger partial charge in [0, 0.05) is 42.0 Å². The maximum absolute atomic E-state index is 12.0. The molecule has 134 valence electrons. The van der Waals surface area contributed by atoms with Gasteiger partial charge in [-0.25, -0.2) is 9.97 Å². The fourth-order valence-corrected chi connectivity index (χ4v) is 4.95. The lowest BCUT2D eigenvalue weighted by Gasteiger charge is -2.40. The van der Waals surface area contributed by atoms with Crippen LogP contribution >= 0.6 is 22.6 Å². The predicted octanol–water partition coefficient (Wildman–Crippen LogP) is 1.88. The van der Waals surface area contributed by atoms with Gasteiger partial charge in [0.15, 0.2) is 0 Å². The Morgan fingerprint density at radius 3 is 2.60 bits per heavy atom. The summed E-state index contributed by atoms with van der Waals surface area (Å²) in [5, 5.41) is 0.967. The molecule has 2 aliphatic rings. The molecule has 2 aromatic heterocycles. The maximum Gasteiger partial charge on any atom is 0.236 e. The Kier molecular flexibility index (Phi) is 4.57. The molecule has 1 aliphatic heterocycles. The summed E-state index contributed by atoms with van der Waals surface area (Å²) in [4.78, 5) is 24.8. The van der Waals surface area contributed by atoms with Gasteiger partial charge in [-0.15, -0.1) is 0 Å². The largest absolute Gasteiger partial charge is 0.383 e. The molecule has 0 bridgehead atoms. The molecular weight excluding hydrogens is 431 g/mol. The number of rotatable bonds is 2. The number of carbonyl (C=O) groups excluding carboxylic acids is 1. The zero-order chi connectivity index (χ0) is 17.6. The summed E-state index contributed by atoms with van der Waals surface area (Å²) in [5.41, 5.74) is 6.97. The second-order valence-electron chi connectivity index (χ2n) is 7.09. The van der Waals surface area contributed by atoms with Crippen molar-refractivity contribution in [2.75, 3.05) is 32.4 Å². The second kappa shape index (κ2) is 6.71. The molecule has 1 amide bonds. The van der Waals surface area contributed by atoms with Gasteiger partial charge in [-0.1, -0.05) is 0 Å². The van der Waals surface area contributed by atoms with Gasteiger partial charge >= 0.3 is 0 Å². The smallest absolute Gasteiger partial charge is 0.236 e. The number of hydrogen-bond acceptors (Lipinski definition) is 5. The number of hydrogen-bond donors (Lipinski definition) is 1. The normalized spacial score (nSPS) is 25.7. The number of anilines is 1. The summed E-state index contributed by atoms with van der Waals surface area (Å²) in [6, 6.07) is 0.967. The highest BCUT2D eigenvalue weighted by molar-refractivity contribution is 14.1. The highest BCUT2D eigenvalue weighted by atomic mass is 127. The summed E-state index contributed by atoms with van der Waals surface area (Å²) in [5.74, 6) is 0.796. The number of fused-ring (bicyclic) bond motifs is 1. The van der Waals surface area contributed by atoms with Crippen LogP contribution in [0.3, 0.4) is 0 Å². The van der Waals surface area contributed by atoms with Crippen LogP contribution in [0.5, 0.6) is 0 Å². The molecule has 3 heterocycles. The van der Waals surface area contributed by atoms with Crippen LogP contribution in [0.25, 0.3) is 11.0 Å². The summed E-state index contributed by atoms with van der Waals surface area (Å²) in [6.45, 7) is 2.40. The first-order valence-corrected chi connectivity index (χ1v) is 9.87. The molecule has 4 rings (SSSR count). The highest BCUT2D eigenvalue weighted by Crippen LogP contribution is 2.35. The Morgan fingerprint density at radius 1 is 1.16 bits per heavy atom. The van der Waals surface area contributed by atoms with Crippen LogP contribution in [0.2, 0.25) is 0 Å². The summed E-state index contributed by atoms with van der Waals surface area (Å²) in [7, 11) is 1.89. The van der Waals surface area contributed by atoms with E-state index < -0.39 is 0 Å². The molecule has 1 saturated carbocycles. The lowest BCUT2D eigenvalue weighted by atomic mass is 9.89. The average Bonchev–Trinajstić information content (AvgIpc) is 2.96. The Labute approximate surface area is 160 Å². The fourth-order valence-electron chi connectivity index (χ4n) is 4.13. The van der Waals surface area contributed by atoms with Gasteiger partial charge in [-0.3, -0.25) is 9.69 Å². The standard InChI is InChI=1S/C17H23IN6O/c1-22-6-7-23(9-14(22)25)11-2-4-12(5-3-11)24-8-13(18)15-16(19)20-10-21-17(15)24/h8,10-12H,2-7,9H2,1H3,(H2,19,20,21)/t11-,12-. The molecule has 0 aromatic carbocycles. The number of nitrogens with two attached hydrogens (primary N) is 1. The van der Waals surface area contributed by atoms with Crippen molar-refractivity contribution >= 4 is 45.3 Å². The number of aromatic nitrogens is 3. The number of carbonyl (C=O) groups is 1. The highest BCUT2D eigenvalue weighted by Gasteiger charge is 2.31. The van der Waals surface area contributed by atoms with E-state index in [0.717, 1.165) is 53.4 Å². The summed E-state index contributed by atoms with van der Waals surface area (Å²) in [6.07, 6.45) is 8.16. The Bertz CT molecular complexity index is 798. The van der Waals surface area contributed by atoms with Crippen molar-refractivity contribution in [2.24, 2.45) is 0 Å². The minimum atomic E-state index is 0.242. The van der Waals surface area contributed by atoms with Crippen molar-refractivity contribution in [1.29, 1.82) is 0 Å². The van der Waals surface area contributed by atoms with Gasteiger partial charge in [0.1, 0.15) is 17.8 Å². The molecule has 0 spiro atoms. The molecule has 2 fully saturated rings. The Balaban J connectivity index is 1.48. The monoisotopic (exact) mass is 454 g/mol. The molecule has 8 heteroatoms. The van der Waals surface area contributed by atoms with Gasteiger partial charge in [0.05, 0.1) is 11.9 Å². The van der Waals surface area contributed by atoms with E-state index in [4.69, 9.17) is 5.73 Å². The van der Waals surface area contributed by atoms with Gasteiger partial charge in [-0.05, 0) is 48.3 Å². The summed E-state index contributed by atoms with van der Waals surface area (Å²) < 4.78 is 3.39. The van der Waals surface area contributed by atoms with Crippen molar-refractivity contribution in [3.63, 3.8) is 0 Å². The minimum absolute atomic E-state index is 0.242. The number of halogens is 1. The third kappa shape index (κ3) is 3.10. The van der Waals surface area contributed by atoms with Crippen LogP contribution in [-0.2, 0) is 4.79 Å². The molecular formula is C17H23IN6O. The van der Waals surface area contributed by atoms with Crippen LogP contribution < -0.4 is 5.73 Å². The third-order valence-corrected chi connectivity index (χ3v) is 6.47. The van der Waals surface area contributed by atoms with Crippen molar-refractivity contribution in [2.45, 2.75) is 37.8 Å². The molecule has 0 radical (unpaired) electrons. The van der Waals surface area contributed by atoms with E-state index in [0.29, 0.717) is 24.4 Å². The first kappa shape index (κ1) is 17.0. The van der Waals surface area contributed by atoms with Crippen LogP contribution in [0.4, 0.5) is 5.82 Å². The topological polar surface area (TPSA) is 80.3 Å². The first-order valence-electron chi connectivity index (χ1n) is 8.79. The lowest BCUT2D eigenvalue weighted by Crippen LogP contribution is -2.52. The fraction of sp³-hybridized carbons (Fsp3) is 0.588. The number of likely N-dealkylation sites (N-methyl/N-ethyl adjacent to an activating group) is 1. The predicted molar refractivity (Wildman–Crippen MR) is 105 cm³/mol. The van der Waals surface area contributed by atoms with E-state index in [1.807, 2.05) is 11.9 Å². The van der Waals surface area contributed by atoms with Gasteiger partial charge < -0.3 is 15.2 Å². The SMILES string of the molecule is CN1CCN([C@H]2CC[C@H](n3cc(I)c4c(N)ncnc43)CC2)CC1=O. The van der Waals surface area contributed by atoms with E-state index in [2.05, 4.69) is 48.2 Å². The van der Waals surface area contributed by atoms with Crippen molar-refractivity contribution in [1.82, 2.24) is 24.3 Å². The number of piperazine rings is 1. The Morgan fingerprint density at radius 2 is 1.88 bits per heavy atom. The van der Waals surface area contributed by atoms with Gasteiger partial charge in [0.25, 0.3) is 0 Å². The van der Waals surface area contributed by atoms with E-state index in [-0.39, 0.29) is 5.91 Å². The third-order valence-electron chi connectivity index (χ3n) is 5.66. The molecule has 25 heavy (non-hydrogen) atoms. The van der Waals surface area contributed by atoms with Crippen LogP contribution in [0.1, 0.15) is 31.7 Å². The maximum atomic E-state index is 12.0.